The molecular weight excluding hydrogens is 576 g/mol. The number of hydrogen-bond acceptors (Lipinski definition) is 11. The monoisotopic (exact) mass is 610 g/mol. The van der Waals surface area contributed by atoms with Gasteiger partial charge < -0.3 is 15.7 Å². The van der Waals surface area contributed by atoms with Crippen LogP contribution in [0.4, 0.5) is 11.5 Å². The lowest BCUT2D eigenvalue weighted by molar-refractivity contribution is -0.132. The highest BCUT2D eigenvalue weighted by molar-refractivity contribution is 6.24. The number of anilines is 2. The van der Waals surface area contributed by atoms with E-state index in [1.165, 1.54) is 0 Å². The normalized spacial score (nSPS) is 18.9. The molecule has 0 radical (unpaired) electrons. The Hall–Kier alpha value is -4.97. The summed E-state index contributed by atoms with van der Waals surface area (Å²) in [5.41, 5.74) is 8.92. The third kappa shape index (κ3) is 6.05. The maximum absolute atomic E-state index is 13.3. The Morgan fingerprint density at radius 3 is 2.44 bits per heavy atom. The van der Waals surface area contributed by atoms with E-state index in [1.807, 2.05) is 12.1 Å². The van der Waals surface area contributed by atoms with E-state index in [1.54, 1.807) is 36.4 Å². The van der Waals surface area contributed by atoms with Crippen molar-refractivity contribution >= 4 is 40.7 Å². The zero-order valence-electron chi connectivity index (χ0n) is 24.8. The fraction of sp³-hybridized carbons (Fsp3) is 0.364. The van der Waals surface area contributed by atoms with Crippen LogP contribution in [0.15, 0.2) is 48.5 Å². The molecule has 12 nitrogen and oxygen atoms in total. The predicted octanol–water partition coefficient (Wildman–Crippen LogP) is 2.43. The second kappa shape index (κ2) is 12.6. The van der Waals surface area contributed by atoms with Crippen molar-refractivity contribution in [2.45, 2.75) is 44.6 Å². The maximum Gasteiger partial charge on any atom is 0.262 e. The van der Waals surface area contributed by atoms with Gasteiger partial charge in [0.05, 0.1) is 35.0 Å². The number of fused-ring (bicyclic) bond motifs is 1. The molecule has 0 spiro atoms. The molecule has 6 rings (SSSR count). The standard InChI is InChI=1S/C33H34N6O6/c34-31-27(19-25(35-36-31)23-7-1-2-9-28(23)42)38-15-13-37(14-16-38)12-4-6-21(40)17-20-5-3-8-24-30(20)33(45)39(32(24)44)26-11-10-22(41)18-29(26)43/h1-3,5,7-9,19,26,42H,4,6,10-18H2,(H2,34,36). The van der Waals surface area contributed by atoms with E-state index in [9.17, 15) is 29.1 Å². The van der Waals surface area contributed by atoms with E-state index in [0.29, 0.717) is 48.6 Å². The fourth-order valence-electron chi connectivity index (χ4n) is 6.42. The zero-order chi connectivity index (χ0) is 31.7. The van der Waals surface area contributed by atoms with Crippen LogP contribution in [0.5, 0.6) is 5.75 Å². The summed E-state index contributed by atoms with van der Waals surface area (Å²) in [7, 11) is 0. The van der Waals surface area contributed by atoms with E-state index in [0.717, 1.165) is 30.2 Å². The molecule has 3 aromatic rings. The third-order valence-electron chi connectivity index (χ3n) is 8.80. The topological polar surface area (TPSA) is 167 Å². The van der Waals surface area contributed by atoms with Gasteiger partial charge in [0.15, 0.2) is 11.6 Å². The number of nitrogen functional groups attached to an aromatic ring is 1. The molecule has 232 valence electrons. The molecule has 1 atom stereocenters. The molecule has 12 heteroatoms. The molecular formula is C33H34N6O6. The average molecular weight is 611 g/mol. The van der Waals surface area contributed by atoms with Crippen molar-refractivity contribution in [1.82, 2.24) is 20.0 Å². The van der Waals surface area contributed by atoms with Crippen molar-refractivity contribution in [2.24, 2.45) is 0 Å². The molecule has 1 aliphatic carbocycles. The second-order valence-electron chi connectivity index (χ2n) is 11.7. The quantitative estimate of drug-likeness (QED) is 0.270. The predicted molar refractivity (Wildman–Crippen MR) is 165 cm³/mol. The van der Waals surface area contributed by atoms with E-state index < -0.39 is 23.6 Å². The number of benzene rings is 2. The van der Waals surface area contributed by atoms with Crippen molar-refractivity contribution < 1.29 is 29.1 Å². The molecule has 1 unspecified atom stereocenters. The summed E-state index contributed by atoms with van der Waals surface area (Å²) in [6.07, 6.45) is 1.01. The van der Waals surface area contributed by atoms with Crippen molar-refractivity contribution in [3.8, 4) is 17.0 Å². The van der Waals surface area contributed by atoms with E-state index in [-0.39, 0.29) is 54.1 Å². The SMILES string of the molecule is Nc1nnc(-c2ccccc2O)cc1N1CCN(CCCC(=O)Cc2cccc3c2C(=O)N(C2CCC(=O)CC2=O)C3=O)CC1. The van der Waals surface area contributed by atoms with Gasteiger partial charge in [-0.1, -0.05) is 24.3 Å². The van der Waals surface area contributed by atoms with Gasteiger partial charge in [0, 0.05) is 51.0 Å². The lowest BCUT2D eigenvalue weighted by Crippen LogP contribution is -2.47. The number of aromatic hydroxyl groups is 1. The largest absolute Gasteiger partial charge is 0.507 e. The maximum atomic E-state index is 13.3. The molecule has 1 aromatic heterocycles. The first-order valence-corrected chi connectivity index (χ1v) is 15.2. The van der Waals surface area contributed by atoms with Crippen LogP contribution < -0.4 is 10.6 Å². The van der Waals surface area contributed by atoms with Crippen molar-refractivity contribution in [1.29, 1.82) is 0 Å². The number of phenols is 1. The number of nitrogens with two attached hydrogens (primary N) is 1. The van der Waals surface area contributed by atoms with Crippen molar-refractivity contribution in [3.63, 3.8) is 0 Å². The molecule has 3 aliphatic rings. The van der Waals surface area contributed by atoms with Gasteiger partial charge in [-0.3, -0.25) is 33.8 Å². The molecule has 1 saturated heterocycles. The average Bonchev–Trinajstić information content (AvgIpc) is 3.28. The van der Waals surface area contributed by atoms with E-state index in [2.05, 4.69) is 20.0 Å². The number of rotatable bonds is 9. The molecule has 2 aromatic carbocycles. The summed E-state index contributed by atoms with van der Waals surface area (Å²) < 4.78 is 0. The summed E-state index contributed by atoms with van der Waals surface area (Å²) >= 11 is 0. The van der Waals surface area contributed by atoms with Gasteiger partial charge in [0.25, 0.3) is 11.8 Å². The summed E-state index contributed by atoms with van der Waals surface area (Å²) in [6.45, 7) is 3.69. The molecule has 0 bridgehead atoms. The molecule has 45 heavy (non-hydrogen) atoms. The first-order chi connectivity index (χ1) is 21.7. The number of nitrogens with zero attached hydrogens (tertiary/aromatic N) is 5. The van der Waals surface area contributed by atoms with Crippen molar-refractivity contribution in [2.75, 3.05) is 43.4 Å². The molecule has 1 saturated carbocycles. The van der Waals surface area contributed by atoms with Crippen LogP contribution in [0.1, 0.15) is 58.4 Å². The zero-order valence-corrected chi connectivity index (χ0v) is 24.8. The second-order valence-corrected chi connectivity index (χ2v) is 11.7. The van der Waals surface area contributed by atoms with Crippen LogP contribution in [0.25, 0.3) is 11.3 Å². The minimum Gasteiger partial charge on any atom is -0.507 e. The van der Waals surface area contributed by atoms with Gasteiger partial charge in [-0.05, 0) is 49.2 Å². The number of carbonyl (C=O) groups excluding carboxylic acids is 5. The van der Waals surface area contributed by atoms with E-state index >= 15 is 0 Å². The van der Waals surface area contributed by atoms with Gasteiger partial charge in [-0.15, -0.1) is 10.2 Å². The Morgan fingerprint density at radius 1 is 0.933 bits per heavy atom. The summed E-state index contributed by atoms with van der Waals surface area (Å²) in [5.74, 6) is -1.31. The highest BCUT2D eigenvalue weighted by atomic mass is 16.3. The number of carbonyl (C=O) groups is 5. The lowest BCUT2D eigenvalue weighted by Gasteiger charge is -2.36. The lowest BCUT2D eigenvalue weighted by atomic mass is 9.92. The van der Waals surface area contributed by atoms with Crippen LogP contribution in [0.3, 0.4) is 0 Å². The number of amides is 2. The van der Waals surface area contributed by atoms with Crippen LogP contribution >= 0.6 is 0 Å². The Kier molecular flexibility index (Phi) is 8.40. The summed E-state index contributed by atoms with van der Waals surface area (Å²) in [5, 5.41) is 18.5. The minimum absolute atomic E-state index is 0.0224. The Labute approximate surface area is 259 Å². The van der Waals surface area contributed by atoms with Gasteiger partial charge in [0.2, 0.25) is 0 Å². The number of Topliss-reactive ketones (excluding diaryl/α,β-unsaturated/α-hetero) is 3. The van der Waals surface area contributed by atoms with Crippen LogP contribution in [0, 0.1) is 0 Å². The molecule has 3 heterocycles. The molecule has 3 N–H and O–H groups in total. The first kappa shape index (κ1) is 30.1. The van der Waals surface area contributed by atoms with Crippen molar-refractivity contribution in [3.05, 3.63) is 65.2 Å². The highest BCUT2D eigenvalue weighted by Crippen LogP contribution is 2.33. The third-order valence-corrected chi connectivity index (χ3v) is 8.80. The van der Waals surface area contributed by atoms with Gasteiger partial charge in [-0.25, -0.2) is 0 Å². The number of piperazine rings is 1. The number of imide groups is 1. The number of aromatic nitrogens is 2. The molecule has 2 aliphatic heterocycles. The molecule has 2 amide bonds. The van der Waals surface area contributed by atoms with E-state index in [4.69, 9.17) is 5.73 Å². The number of ketones is 3. The van der Waals surface area contributed by atoms with Crippen LogP contribution in [-0.2, 0) is 20.8 Å². The first-order valence-electron chi connectivity index (χ1n) is 15.2. The highest BCUT2D eigenvalue weighted by Gasteiger charge is 2.45. The molecule has 2 fully saturated rings. The van der Waals surface area contributed by atoms with Crippen LogP contribution in [-0.4, -0.2) is 93.0 Å². The summed E-state index contributed by atoms with van der Waals surface area (Å²) in [4.78, 5) is 69.0. The fourth-order valence-corrected chi connectivity index (χ4v) is 6.42. The minimum atomic E-state index is -0.940. The van der Waals surface area contributed by atoms with Gasteiger partial charge in [-0.2, -0.15) is 0 Å². The summed E-state index contributed by atoms with van der Waals surface area (Å²) in [6, 6.07) is 12.7. The van der Waals surface area contributed by atoms with Gasteiger partial charge in [0.1, 0.15) is 17.3 Å². The Balaban J connectivity index is 1.01. The van der Waals surface area contributed by atoms with Gasteiger partial charge >= 0.3 is 0 Å². The van der Waals surface area contributed by atoms with Crippen LogP contribution in [0.2, 0.25) is 0 Å². The number of phenolic OH excluding ortho intramolecular Hbond substituents is 1. The number of para-hydroxylation sites is 1. The Bertz CT molecular complexity index is 1700. The smallest absolute Gasteiger partial charge is 0.262 e. The Morgan fingerprint density at radius 2 is 1.69 bits per heavy atom. The number of hydrogen-bond donors (Lipinski definition) is 2.